The molecule has 1 N–H and O–H groups in total. The Morgan fingerprint density at radius 3 is 2.27 bits per heavy atom. The molecule has 0 spiro atoms. The largest absolute Gasteiger partial charge is 0.431 e. The van der Waals surface area contributed by atoms with Crippen LogP contribution in [0.15, 0.2) is 15.7 Å². The zero-order chi connectivity index (χ0) is 11.8. The summed E-state index contributed by atoms with van der Waals surface area (Å²) in [7, 11) is 2.20. The molecule has 0 saturated carbocycles. The minimum atomic E-state index is -4.72. The Morgan fingerprint density at radius 1 is 1.33 bits per heavy atom. The molecule has 0 saturated heterocycles. The summed E-state index contributed by atoms with van der Waals surface area (Å²) in [6.45, 7) is 0. The number of alkyl halides is 3. The highest BCUT2D eigenvalue weighted by molar-refractivity contribution is 5.06. The van der Waals surface area contributed by atoms with E-state index in [4.69, 9.17) is 0 Å². The molecule has 0 bridgehead atoms. The number of hydrogen-bond acceptors (Lipinski definition) is 3. The topological polar surface area (TPSA) is 56.0 Å². The zero-order valence-electron chi connectivity index (χ0n) is 7.92. The standard InChI is InChI=1S/C7H8F3N3O2/c1-11-13-5(14)3-4(7(8,9)10)12(2)6(13)15/h3,11H,1-2H3. The van der Waals surface area contributed by atoms with Crippen LogP contribution in [0.5, 0.6) is 0 Å². The van der Waals surface area contributed by atoms with Gasteiger partial charge in [-0.1, -0.05) is 0 Å². The number of hydrogen-bond donors (Lipinski definition) is 1. The Morgan fingerprint density at radius 2 is 1.87 bits per heavy atom. The van der Waals surface area contributed by atoms with Gasteiger partial charge in [0.2, 0.25) is 0 Å². The summed E-state index contributed by atoms with van der Waals surface area (Å²) in [5.74, 6) is 0. The van der Waals surface area contributed by atoms with Gasteiger partial charge < -0.3 is 5.43 Å². The summed E-state index contributed by atoms with van der Waals surface area (Å²) in [5, 5.41) is 0. The van der Waals surface area contributed by atoms with Gasteiger partial charge in [0.05, 0.1) is 0 Å². The Balaban J connectivity index is 3.63. The minimum absolute atomic E-state index is 0.359. The minimum Gasteiger partial charge on any atom is -0.322 e. The van der Waals surface area contributed by atoms with Crippen molar-refractivity contribution in [3.63, 3.8) is 0 Å². The third kappa shape index (κ3) is 1.88. The first-order chi connectivity index (χ1) is 6.79. The van der Waals surface area contributed by atoms with E-state index in [9.17, 15) is 22.8 Å². The fourth-order valence-electron chi connectivity index (χ4n) is 1.10. The molecular weight excluding hydrogens is 215 g/mol. The average Bonchev–Trinajstić information content (AvgIpc) is 2.10. The van der Waals surface area contributed by atoms with Gasteiger partial charge in [-0.05, 0) is 0 Å². The van der Waals surface area contributed by atoms with E-state index in [1.165, 1.54) is 7.05 Å². The second-order valence-electron chi connectivity index (χ2n) is 2.77. The van der Waals surface area contributed by atoms with E-state index in [-0.39, 0.29) is 0 Å². The highest BCUT2D eigenvalue weighted by atomic mass is 19.4. The highest BCUT2D eigenvalue weighted by Crippen LogP contribution is 2.26. The first-order valence-electron chi connectivity index (χ1n) is 3.87. The monoisotopic (exact) mass is 223 g/mol. The molecule has 84 valence electrons. The van der Waals surface area contributed by atoms with Crippen LogP contribution >= 0.6 is 0 Å². The van der Waals surface area contributed by atoms with Gasteiger partial charge in [0.1, 0.15) is 5.69 Å². The second-order valence-corrected chi connectivity index (χ2v) is 2.77. The van der Waals surface area contributed by atoms with E-state index in [2.05, 4.69) is 5.43 Å². The lowest BCUT2D eigenvalue weighted by Gasteiger charge is -2.12. The molecule has 0 aromatic carbocycles. The van der Waals surface area contributed by atoms with Crippen LogP contribution in [-0.2, 0) is 13.2 Å². The number of halogens is 3. The van der Waals surface area contributed by atoms with Crippen LogP contribution in [-0.4, -0.2) is 16.3 Å². The summed E-state index contributed by atoms with van der Waals surface area (Å²) < 4.78 is 37.8. The zero-order valence-corrected chi connectivity index (χ0v) is 7.92. The van der Waals surface area contributed by atoms with E-state index in [0.29, 0.717) is 15.3 Å². The Hall–Kier alpha value is -1.73. The van der Waals surface area contributed by atoms with Gasteiger partial charge in [0.25, 0.3) is 5.56 Å². The van der Waals surface area contributed by atoms with E-state index in [1.54, 1.807) is 0 Å². The smallest absolute Gasteiger partial charge is 0.322 e. The molecule has 0 amide bonds. The van der Waals surface area contributed by atoms with Gasteiger partial charge >= 0.3 is 11.9 Å². The van der Waals surface area contributed by atoms with Crippen molar-refractivity contribution in [1.82, 2.24) is 9.24 Å². The number of nitrogens with zero attached hydrogens (tertiary/aromatic N) is 2. The van der Waals surface area contributed by atoms with Gasteiger partial charge in [-0.2, -0.15) is 17.8 Å². The normalized spacial score (nSPS) is 11.5. The number of aromatic nitrogens is 2. The predicted octanol–water partition coefficient (Wildman–Crippen LogP) is -0.261. The lowest BCUT2D eigenvalue weighted by atomic mass is 10.4. The van der Waals surface area contributed by atoms with Crippen molar-refractivity contribution in [2.24, 2.45) is 7.05 Å². The lowest BCUT2D eigenvalue weighted by molar-refractivity contribution is -0.144. The molecule has 0 atom stereocenters. The molecule has 0 aliphatic rings. The molecule has 0 aliphatic heterocycles. The van der Waals surface area contributed by atoms with Crippen LogP contribution in [0.25, 0.3) is 0 Å². The number of rotatable bonds is 1. The molecule has 5 nitrogen and oxygen atoms in total. The molecule has 15 heavy (non-hydrogen) atoms. The summed E-state index contributed by atoms with van der Waals surface area (Å²) in [6.07, 6.45) is -4.72. The molecule has 1 aromatic heterocycles. The average molecular weight is 223 g/mol. The van der Waals surface area contributed by atoms with Gasteiger partial charge in [-0.15, -0.1) is 0 Å². The summed E-state index contributed by atoms with van der Waals surface area (Å²) in [4.78, 5) is 22.3. The Labute approximate surface area is 81.7 Å². The molecule has 1 heterocycles. The van der Waals surface area contributed by atoms with Crippen LogP contribution in [0.1, 0.15) is 5.69 Å². The SMILES string of the molecule is CNn1c(=O)cc(C(F)(F)F)n(C)c1=O. The molecule has 0 aliphatic carbocycles. The van der Waals surface area contributed by atoms with Crippen molar-refractivity contribution >= 4 is 0 Å². The Bertz CT molecular complexity index is 486. The van der Waals surface area contributed by atoms with Crippen LogP contribution < -0.4 is 16.7 Å². The van der Waals surface area contributed by atoms with Gasteiger partial charge in [0.15, 0.2) is 0 Å². The van der Waals surface area contributed by atoms with Crippen LogP contribution in [0, 0.1) is 0 Å². The van der Waals surface area contributed by atoms with Crippen LogP contribution in [0.4, 0.5) is 13.2 Å². The van der Waals surface area contributed by atoms with Crippen LogP contribution in [0.2, 0.25) is 0 Å². The lowest BCUT2D eigenvalue weighted by Crippen LogP contribution is -2.45. The first-order valence-corrected chi connectivity index (χ1v) is 3.87. The molecule has 8 heteroatoms. The fourth-order valence-corrected chi connectivity index (χ4v) is 1.10. The highest BCUT2D eigenvalue weighted by Gasteiger charge is 2.34. The third-order valence-electron chi connectivity index (χ3n) is 1.83. The van der Waals surface area contributed by atoms with Gasteiger partial charge in [-0.25, -0.2) is 4.79 Å². The van der Waals surface area contributed by atoms with Crippen molar-refractivity contribution in [1.29, 1.82) is 0 Å². The summed E-state index contributed by atoms with van der Waals surface area (Å²) >= 11 is 0. The van der Waals surface area contributed by atoms with E-state index in [1.807, 2.05) is 0 Å². The predicted molar refractivity (Wildman–Crippen MR) is 46.2 cm³/mol. The Kier molecular flexibility index (Phi) is 2.61. The summed E-state index contributed by atoms with van der Waals surface area (Å²) in [6, 6.07) is 0.359. The molecule has 0 radical (unpaired) electrons. The fraction of sp³-hybridized carbons (Fsp3) is 0.429. The van der Waals surface area contributed by atoms with Crippen LogP contribution in [0.3, 0.4) is 0 Å². The van der Waals surface area contributed by atoms with Crippen molar-refractivity contribution in [2.45, 2.75) is 6.18 Å². The molecule has 0 unspecified atom stereocenters. The molecular formula is C7H8F3N3O2. The van der Waals surface area contributed by atoms with E-state index in [0.717, 1.165) is 7.05 Å². The molecule has 0 fully saturated rings. The maximum atomic E-state index is 12.3. The third-order valence-corrected chi connectivity index (χ3v) is 1.83. The van der Waals surface area contributed by atoms with Gasteiger partial charge in [0, 0.05) is 20.2 Å². The first kappa shape index (κ1) is 11.3. The van der Waals surface area contributed by atoms with Crippen molar-refractivity contribution in [2.75, 3.05) is 12.5 Å². The maximum Gasteiger partial charge on any atom is 0.431 e. The van der Waals surface area contributed by atoms with Gasteiger partial charge in [-0.3, -0.25) is 9.36 Å². The van der Waals surface area contributed by atoms with Crippen molar-refractivity contribution < 1.29 is 13.2 Å². The molecule has 1 rings (SSSR count). The second kappa shape index (κ2) is 3.44. The van der Waals surface area contributed by atoms with Crippen molar-refractivity contribution in [3.05, 3.63) is 32.6 Å². The summed E-state index contributed by atoms with van der Waals surface area (Å²) in [5.41, 5.74) is -1.21. The number of nitrogens with one attached hydrogen (secondary N) is 1. The van der Waals surface area contributed by atoms with E-state index >= 15 is 0 Å². The van der Waals surface area contributed by atoms with E-state index < -0.39 is 23.1 Å². The molecule has 1 aromatic rings. The maximum absolute atomic E-state index is 12.3. The quantitative estimate of drug-likeness (QED) is 0.713. The van der Waals surface area contributed by atoms with Crippen molar-refractivity contribution in [3.8, 4) is 0 Å².